The fourth-order valence-electron chi connectivity index (χ4n) is 1.05. The summed E-state index contributed by atoms with van der Waals surface area (Å²) in [6.07, 6.45) is 2.77. The van der Waals surface area contributed by atoms with E-state index in [1.54, 1.807) is 18.1 Å². The van der Waals surface area contributed by atoms with Crippen molar-refractivity contribution in [2.45, 2.75) is 35.9 Å². The fraction of sp³-hybridized carbons (Fsp3) is 0.750. The van der Waals surface area contributed by atoms with Crippen molar-refractivity contribution in [2.75, 3.05) is 7.05 Å². The fourth-order valence-corrected chi connectivity index (χ4v) is 2.96. The van der Waals surface area contributed by atoms with Crippen molar-refractivity contribution in [1.82, 2.24) is 14.7 Å². The first-order valence-electron chi connectivity index (χ1n) is 4.33. The Morgan fingerprint density at radius 1 is 1.62 bits per heavy atom. The number of rotatable bonds is 5. The normalized spacial score (nSPS) is 15.6. The second-order valence-electron chi connectivity index (χ2n) is 3.06. The summed E-state index contributed by atoms with van der Waals surface area (Å²) in [5, 5.41) is 3.82. The number of nitrogens with one attached hydrogen (secondary N) is 1. The Bertz CT molecular complexity index is 225. The zero-order valence-electron chi connectivity index (χ0n) is 8.15. The lowest BCUT2D eigenvalue weighted by atomic mass is 10.2. The summed E-state index contributed by atoms with van der Waals surface area (Å²) in [5.41, 5.74) is 0. The molecule has 2 atom stereocenters. The maximum absolute atomic E-state index is 4.14. The first-order valence-corrected chi connectivity index (χ1v) is 5.98. The van der Waals surface area contributed by atoms with Gasteiger partial charge >= 0.3 is 0 Å². The van der Waals surface area contributed by atoms with E-state index in [9.17, 15) is 0 Å². The van der Waals surface area contributed by atoms with Crippen LogP contribution in [0.15, 0.2) is 10.7 Å². The maximum atomic E-state index is 4.14. The molecule has 74 valence electrons. The van der Waals surface area contributed by atoms with E-state index in [2.05, 4.69) is 28.5 Å². The SMILES string of the molecule is CNC(C)CC(C)Sc1ncns1. The molecule has 0 fully saturated rings. The largest absolute Gasteiger partial charge is 0.317 e. The average Bonchev–Trinajstić information content (AvgIpc) is 2.56. The van der Waals surface area contributed by atoms with Gasteiger partial charge in [0.25, 0.3) is 0 Å². The quantitative estimate of drug-likeness (QED) is 0.766. The van der Waals surface area contributed by atoms with Crippen LogP contribution in [-0.4, -0.2) is 27.7 Å². The number of nitrogens with zero attached hydrogens (tertiary/aromatic N) is 2. The Labute approximate surface area is 87.5 Å². The van der Waals surface area contributed by atoms with Gasteiger partial charge in [-0.2, -0.15) is 4.37 Å². The minimum atomic E-state index is 0.565. The topological polar surface area (TPSA) is 37.8 Å². The highest BCUT2D eigenvalue weighted by molar-refractivity contribution is 8.01. The molecule has 5 heteroatoms. The Hall–Kier alpha value is -0.130. The van der Waals surface area contributed by atoms with Gasteiger partial charge < -0.3 is 5.32 Å². The number of thioether (sulfide) groups is 1. The Morgan fingerprint density at radius 2 is 2.38 bits per heavy atom. The molecule has 1 heterocycles. The summed E-state index contributed by atoms with van der Waals surface area (Å²) in [7, 11) is 1.99. The molecule has 1 N–H and O–H groups in total. The van der Waals surface area contributed by atoms with Gasteiger partial charge in [0.05, 0.1) is 0 Å². The minimum absolute atomic E-state index is 0.565. The van der Waals surface area contributed by atoms with Gasteiger partial charge in [-0.1, -0.05) is 18.7 Å². The molecule has 0 spiro atoms. The van der Waals surface area contributed by atoms with Crippen molar-refractivity contribution in [2.24, 2.45) is 0 Å². The zero-order valence-corrected chi connectivity index (χ0v) is 9.78. The van der Waals surface area contributed by atoms with Gasteiger partial charge in [0.15, 0.2) is 4.34 Å². The molecule has 0 aliphatic heterocycles. The van der Waals surface area contributed by atoms with Crippen LogP contribution in [0.4, 0.5) is 0 Å². The van der Waals surface area contributed by atoms with E-state index in [-0.39, 0.29) is 0 Å². The molecule has 1 aromatic rings. The van der Waals surface area contributed by atoms with Crippen LogP contribution in [0.2, 0.25) is 0 Å². The first kappa shape index (κ1) is 10.9. The third-order valence-corrected chi connectivity index (χ3v) is 3.70. The maximum Gasteiger partial charge on any atom is 0.170 e. The monoisotopic (exact) mass is 217 g/mol. The zero-order chi connectivity index (χ0) is 9.68. The average molecular weight is 217 g/mol. The predicted octanol–water partition coefficient (Wildman–Crippen LogP) is 2.02. The van der Waals surface area contributed by atoms with E-state index >= 15 is 0 Å². The lowest BCUT2D eigenvalue weighted by Crippen LogP contribution is -2.24. The molecule has 0 amide bonds. The molecule has 2 unspecified atom stereocenters. The molecular formula is C8H15N3S2. The van der Waals surface area contributed by atoms with Crippen LogP contribution in [0.5, 0.6) is 0 Å². The summed E-state index contributed by atoms with van der Waals surface area (Å²) in [6.45, 7) is 4.41. The third-order valence-electron chi connectivity index (χ3n) is 1.82. The summed E-state index contributed by atoms with van der Waals surface area (Å²) < 4.78 is 5.03. The molecule has 0 aliphatic carbocycles. The van der Waals surface area contributed by atoms with E-state index < -0.39 is 0 Å². The molecule has 0 radical (unpaired) electrons. The lowest BCUT2D eigenvalue weighted by Gasteiger charge is -2.14. The second kappa shape index (κ2) is 5.57. The smallest absolute Gasteiger partial charge is 0.170 e. The standard InChI is InChI=1S/C8H15N3S2/c1-6(9-3)4-7(2)12-8-10-5-11-13-8/h5-7,9H,4H2,1-3H3. The number of hydrogen-bond donors (Lipinski definition) is 1. The molecule has 3 nitrogen and oxygen atoms in total. The first-order chi connectivity index (χ1) is 6.22. The predicted molar refractivity (Wildman–Crippen MR) is 58.4 cm³/mol. The van der Waals surface area contributed by atoms with Crippen LogP contribution in [0.3, 0.4) is 0 Å². The van der Waals surface area contributed by atoms with Gasteiger partial charge in [0.2, 0.25) is 0 Å². The summed E-state index contributed by atoms with van der Waals surface area (Å²) in [5.74, 6) is 0. The van der Waals surface area contributed by atoms with Crippen molar-refractivity contribution >= 4 is 23.3 Å². The molecule has 1 rings (SSSR count). The van der Waals surface area contributed by atoms with Crippen LogP contribution < -0.4 is 5.32 Å². The van der Waals surface area contributed by atoms with Crippen LogP contribution in [-0.2, 0) is 0 Å². The molecule has 1 aromatic heterocycles. The van der Waals surface area contributed by atoms with Crippen molar-refractivity contribution in [3.63, 3.8) is 0 Å². The van der Waals surface area contributed by atoms with Crippen LogP contribution in [0.25, 0.3) is 0 Å². The van der Waals surface area contributed by atoms with Crippen LogP contribution in [0.1, 0.15) is 20.3 Å². The van der Waals surface area contributed by atoms with E-state index in [0.29, 0.717) is 11.3 Å². The van der Waals surface area contributed by atoms with E-state index in [0.717, 1.165) is 10.8 Å². The van der Waals surface area contributed by atoms with Crippen LogP contribution in [0, 0.1) is 0 Å². The molecule has 0 aromatic carbocycles. The van der Waals surface area contributed by atoms with Crippen molar-refractivity contribution in [3.8, 4) is 0 Å². The molecule has 13 heavy (non-hydrogen) atoms. The lowest BCUT2D eigenvalue weighted by molar-refractivity contribution is 0.564. The van der Waals surface area contributed by atoms with Gasteiger partial charge in [-0.15, -0.1) is 0 Å². The summed E-state index contributed by atoms with van der Waals surface area (Å²) >= 11 is 3.27. The molecule has 0 bridgehead atoms. The van der Waals surface area contributed by atoms with Gasteiger partial charge in [-0.3, -0.25) is 0 Å². The summed E-state index contributed by atoms with van der Waals surface area (Å²) in [6, 6.07) is 0.565. The van der Waals surface area contributed by atoms with Crippen LogP contribution >= 0.6 is 23.3 Å². The van der Waals surface area contributed by atoms with Crippen molar-refractivity contribution in [3.05, 3.63) is 6.33 Å². The molecule has 0 aliphatic rings. The third kappa shape index (κ3) is 4.06. The van der Waals surface area contributed by atoms with Crippen molar-refractivity contribution in [1.29, 1.82) is 0 Å². The Balaban J connectivity index is 2.29. The Kier molecular flexibility index (Phi) is 4.69. The van der Waals surface area contributed by atoms with Gasteiger partial charge in [0.1, 0.15) is 6.33 Å². The molecular weight excluding hydrogens is 202 g/mol. The highest BCUT2D eigenvalue weighted by Gasteiger charge is 2.09. The second-order valence-corrected chi connectivity index (χ2v) is 5.53. The number of aromatic nitrogens is 2. The minimum Gasteiger partial charge on any atom is -0.317 e. The number of hydrogen-bond acceptors (Lipinski definition) is 5. The highest BCUT2D eigenvalue weighted by Crippen LogP contribution is 2.26. The van der Waals surface area contributed by atoms with Gasteiger partial charge in [0, 0.05) is 11.3 Å². The molecule has 0 saturated carbocycles. The van der Waals surface area contributed by atoms with Gasteiger partial charge in [-0.05, 0) is 31.9 Å². The summed E-state index contributed by atoms with van der Waals surface area (Å²) in [4.78, 5) is 4.14. The van der Waals surface area contributed by atoms with E-state index in [1.165, 1.54) is 11.5 Å². The van der Waals surface area contributed by atoms with Gasteiger partial charge in [-0.25, -0.2) is 4.98 Å². The highest BCUT2D eigenvalue weighted by atomic mass is 32.2. The Morgan fingerprint density at radius 3 is 2.92 bits per heavy atom. The van der Waals surface area contributed by atoms with E-state index in [4.69, 9.17) is 0 Å². The molecule has 0 saturated heterocycles. The van der Waals surface area contributed by atoms with Crippen molar-refractivity contribution < 1.29 is 0 Å². The van der Waals surface area contributed by atoms with E-state index in [1.807, 2.05) is 7.05 Å².